The van der Waals surface area contributed by atoms with Crippen LogP contribution in [0.1, 0.15) is 57.6 Å². The molecule has 150 valence electrons. The third kappa shape index (κ3) is 2.80. The van der Waals surface area contributed by atoms with E-state index in [9.17, 15) is 14.7 Å². The number of methoxy groups -OCH3 is 2. The highest BCUT2D eigenvalue weighted by Gasteiger charge is 2.33. The van der Waals surface area contributed by atoms with E-state index in [1.54, 1.807) is 25.6 Å². The van der Waals surface area contributed by atoms with Gasteiger partial charge in [-0.05, 0) is 54.9 Å². The van der Waals surface area contributed by atoms with Gasteiger partial charge in [-0.15, -0.1) is 11.3 Å². The van der Waals surface area contributed by atoms with Crippen molar-refractivity contribution < 1.29 is 19.4 Å². The summed E-state index contributed by atoms with van der Waals surface area (Å²) in [5, 5.41) is 9.70. The molecule has 2 aromatic heterocycles. The SMILES string of the molecule is COc1c(-c2cc3c(s2)CCC3OC)c(C2CC2)cc2c(=O)c(C(=O)O)c[nH]c12. The number of rotatable bonds is 5. The van der Waals surface area contributed by atoms with Crippen LogP contribution in [0.2, 0.25) is 0 Å². The molecule has 1 aromatic carbocycles. The van der Waals surface area contributed by atoms with Gasteiger partial charge in [0.2, 0.25) is 5.43 Å². The van der Waals surface area contributed by atoms with Crippen molar-refractivity contribution in [3.05, 3.63) is 50.1 Å². The molecule has 0 amide bonds. The Balaban J connectivity index is 1.79. The van der Waals surface area contributed by atoms with Gasteiger partial charge in [0.25, 0.3) is 0 Å². The quantitative estimate of drug-likeness (QED) is 0.646. The van der Waals surface area contributed by atoms with Crippen LogP contribution in [0.4, 0.5) is 0 Å². The molecular formula is C22H21NO5S. The zero-order valence-corrected chi connectivity index (χ0v) is 17.0. The van der Waals surface area contributed by atoms with Gasteiger partial charge in [0, 0.05) is 28.6 Å². The molecule has 0 saturated heterocycles. The molecule has 1 fully saturated rings. The summed E-state index contributed by atoms with van der Waals surface area (Å²) in [6, 6.07) is 4.06. The molecule has 29 heavy (non-hydrogen) atoms. The van der Waals surface area contributed by atoms with E-state index in [1.807, 2.05) is 6.07 Å². The van der Waals surface area contributed by atoms with Gasteiger partial charge in [0.05, 0.1) is 24.1 Å². The zero-order chi connectivity index (χ0) is 20.3. The molecule has 2 aliphatic carbocycles. The molecule has 2 aliphatic rings. The lowest BCUT2D eigenvalue weighted by Gasteiger charge is -2.16. The summed E-state index contributed by atoms with van der Waals surface area (Å²) >= 11 is 1.76. The van der Waals surface area contributed by atoms with Crippen molar-refractivity contribution in [2.45, 2.75) is 37.7 Å². The Morgan fingerprint density at radius 3 is 2.66 bits per heavy atom. The van der Waals surface area contributed by atoms with Crippen LogP contribution in [0, 0.1) is 0 Å². The van der Waals surface area contributed by atoms with E-state index in [4.69, 9.17) is 9.47 Å². The number of carboxylic acid groups (broad SMARTS) is 1. The average Bonchev–Trinajstić information content (AvgIpc) is 3.36. The second-order valence-corrected chi connectivity index (χ2v) is 8.80. The first-order valence-electron chi connectivity index (χ1n) is 9.68. The highest BCUT2D eigenvalue weighted by atomic mass is 32.1. The third-order valence-electron chi connectivity index (χ3n) is 5.97. The first kappa shape index (κ1) is 18.4. The van der Waals surface area contributed by atoms with Crippen molar-refractivity contribution >= 4 is 28.2 Å². The molecule has 2 N–H and O–H groups in total. The number of thiophene rings is 1. The number of H-pyrrole nitrogens is 1. The lowest BCUT2D eigenvalue weighted by Crippen LogP contribution is -2.16. The zero-order valence-electron chi connectivity index (χ0n) is 16.2. The van der Waals surface area contributed by atoms with E-state index in [-0.39, 0.29) is 11.7 Å². The maximum Gasteiger partial charge on any atom is 0.341 e. The van der Waals surface area contributed by atoms with Gasteiger partial charge in [-0.25, -0.2) is 4.79 Å². The smallest absolute Gasteiger partial charge is 0.341 e. The molecule has 0 bridgehead atoms. The first-order chi connectivity index (χ1) is 14.0. The van der Waals surface area contributed by atoms with E-state index < -0.39 is 11.4 Å². The molecule has 5 rings (SSSR count). The Morgan fingerprint density at radius 1 is 1.21 bits per heavy atom. The predicted molar refractivity (Wildman–Crippen MR) is 111 cm³/mol. The fourth-order valence-electron chi connectivity index (χ4n) is 4.39. The van der Waals surface area contributed by atoms with Gasteiger partial charge < -0.3 is 19.6 Å². The number of aromatic carboxylic acids is 1. The minimum atomic E-state index is -1.23. The lowest BCUT2D eigenvalue weighted by atomic mass is 9.96. The van der Waals surface area contributed by atoms with E-state index in [1.165, 1.54) is 16.6 Å². The van der Waals surface area contributed by atoms with Crippen molar-refractivity contribution in [3.63, 3.8) is 0 Å². The molecule has 0 radical (unpaired) electrons. The molecule has 1 saturated carbocycles. The normalized spacial score (nSPS) is 18.2. The largest absolute Gasteiger partial charge is 0.494 e. The van der Waals surface area contributed by atoms with E-state index in [0.717, 1.165) is 41.7 Å². The van der Waals surface area contributed by atoms with Crippen LogP contribution in [-0.4, -0.2) is 30.3 Å². The average molecular weight is 411 g/mol. The number of hydrogen-bond acceptors (Lipinski definition) is 5. The molecule has 1 atom stereocenters. The molecule has 0 aliphatic heterocycles. The van der Waals surface area contributed by atoms with E-state index >= 15 is 0 Å². The van der Waals surface area contributed by atoms with Crippen LogP contribution in [0.25, 0.3) is 21.3 Å². The van der Waals surface area contributed by atoms with Gasteiger partial charge in [0.15, 0.2) is 5.75 Å². The van der Waals surface area contributed by atoms with Crippen LogP contribution in [0.3, 0.4) is 0 Å². The minimum Gasteiger partial charge on any atom is -0.494 e. The summed E-state index contributed by atoms with van der Waals surface area (Å²) in [5.74, 6) is -0.261. The fourth-order valence-corrected chi connectivity index (χ4v) is 5.68. The maximum atomic E-state index is 12.8. The Labute approximate surface area is 171 Å². The van der Waals surface area contributed by atoms with Crippen molar-refractivity contribution in [3.8, 4) is 16.2 Å². The van der Waals surface area contributed by atoms with Crippen molar-refractivity contribution in [1.29, 1.82) is 0 Å². The van der Waals surface area contributed by atoms with Crippen LogP contribution < -0.4 is 10.2 Å². The second-order valence-electron chi connectivity index (χ2n) is 7.66. The molecule has 6 nitrogen and oxygen atoms in total. The number of aryl methyl sites for hydroxylation is 1. The number of carbonyl (C=O) groups is 1. The molecule has 1 unspecified atom stereocenters. The Kier molecular flexibility index (Phi) is 4.26. The number of hydrogen-bond donors (Lipinski definition) is 2. The Hall–Kier alpha value is -2.64. The van der Waals surface area contributed by atoms with Gasteiger partial charge in [-0.3, -0.25) is 4.79 Å². The Morgan fingerprint density at radius 2 is 2.00 bits per heavy atom. The number of aromatic nitrogens is 1. The monoisotopic (exact) mass is 411 g/mol. The molecule has 0 spiro atoms. The lowest BCUT2D eigenvalue weighted by molar-refractivity contribution is 0.0695. The van der Waals surface area contributed by atoms with E-state index in [0.29, 0.717) is 22.6 Å². The predicted octanol–water partition coefficient (Wildman–Crippen LogP) is 4.47. The number of aromatic amines is 1. The van der Waals surface area contributed by atoms with Crippen molar-refractivity contribution in [2.75, 3.05) is 14.2 Å². The van der Waals surface area contributed by atoms with E-state index in [2.05, 4.69) is 11.1 Å². The number of fused-ring (bicyclic) bond motifs is 2. The molecule has 2 heterocycles. The summed E-state index contributed by atoms with van der Waals surface area (Å²) in [6.45, 7) is 0. The van der Waals surface area contributed by atoms with Crippen molar-refractivity contribution in [2.24, 2.45) is 0 Å². The van der Waals surface area contributed by atoms with Gasteiger partial charge in [-0.2, -0.15) is 0 Å². The molecular weight excluding hydrogens is 390 g/mol. The summed E-state index contributed by atoms with van der Waals surface area (Å²) in [7, 11) is 3.34. The van der Waals surface area contributed by atoms with Crippen LogP contribution >= 0.6 is 11.3 Å². The van der Waals surface area contributed by atoms with Gasteiger partial charge >= 0.3 is 5.97 Å². The first-order valence-corrected chi connectivity index (χ1v) is 10.5. The highest BCUT2D eigenvalue weighted by molar-refractivity contribution is 7.15. The highest BCUT2D eigenvalue weighted by Crippen LogP contribution is 2.52. The minimum absolute atomic E-state index is 0.128. The third-order valence-corrected chi connectivity index (χ3v) is 7.20. The summed E-state index contributed by atoms with van der Waals surface area (Å²) in [6.07, 6.45) is 5.52. The molecule has 7 heteroatoms. The Bertz CT molecular complexity index is 1200. The van der Waals surface area contributed by atoms with Crippen molar-refractivity contribution in [1.82, 2.24) is 4.98 Å². The number of pyridine rings is 1. The van der Waals surface area contributed by atoms with Crippen LogP contribution in [-0.2, 0) is 11.2 Å². The van der Waals surface area contributed by atoms with Crippen LogP contribution in [0.5, 0.6) is 5.75 Å². The topological polar surface area (TPSA) is 88.6 Å². The number of ether oxygens (including phenoxy) is 2. The number of nitrogens with one attached hydrogen (secondary N) is 1. The number of benzene rings is 1. The number of carboxylic acids is 1. The van der Waals surface area contributed by atoms with Gasteiger partial charge in [-0.1, -0.05) is 0 Å². The summed E-state index contributed by atoms with van der Waals surface area (Å²) in [5.41, 5.74) is 3.12. The van der Waals surface area contributed by atoms with Gasteiger partial charge in [0.1, 0.15) is 5.56 Å². The summed E-state index contributed by atoms with van der Waals surface area (Å²) < 4.78 is 11.4. The molecule has 3 aromatic rings. The standard InChI is InChI=1S/C22H21NO5S/c1-27-15-5-6-16-12(15)8-17(29-16)18-11(10-3-4-10)7-13-19(21(18)28-2)23-9-14(20(13)24)22(25)26/h7-10,15H,3-6H2,1-2H3,(H,23,24)(H,25,26). The fraction of sp³-hybridized carbons (Fsp3) is 0.364. The van der Waals surface area contributed by atoms with Crippen LogP contribution in [0.15, 0.2) is 23.1 Å². The maximum absolute atomic E-state index is 12.8. The second kappa shape index (κ2) is 6.71. The summed E-state index contributed by atoms with van der Waals surface area (Å²) in [4.78, 5) is 29.7.